The highest BCUT2D eigenvalue weighted by Crippen LogP contribution is 2.24. The molecule has 4 nitrogen and oxygen atoms in total. The number of carbonyl (C=O) groups is 2. The summed E-state index contributed by atoms with van der Waals surface area (Å²) in [6.45, 7) is 3.23. The summed E-state index contributed by atoms with van der Waals surface area (Å²) >= 11 is 0. The number of alkyl halides is 3. The van der Waals surface area contributed by atoms with Crippen LogP contribution in [0.3, 0.4) is 0 Å². The van der Waals surface area contributed by atoms with Gasteiger partial charge in [0, 0.05) is 6.42 Å². The Morgan fingerprint density at radius 3 is 1.83 bits per heavy atom. The number of hydrogen-bond donors (Lipinski definition) is 0. The van der Waals surface area contributed by atoms with E-state index in [1.54, 1.807) is 13.8 Å². The quantitative estimate of drug-likeness (QED) is 0.526. The Bertz CT molecular complexity index is 258. The fraction of sp³-hybridized carbons (Fsp3) is 0.818. The normalized spacial score (nSPS) is 11.4. The van der Waals surface area contributed by atoms with Gasteiger partial charge in [-0.2, -0.15) is 13.2 Å². The largest absolute Gasteiger partial charge is 0.465 e. The van der Waals surface area contributed by atoms with Crippen LogP contribution < -0.4 is 0 Å². The average Bonchev–Trinajstić information content (AvgIpc) is 2.23. The van der Waals surface area contributed by atoms with Gasteiger partial charge in [0.1, 0.15) is 0 Å². The van der Waals surface area contributed by atoms with Crippen molar-refractivity contribution in [1.29, 1.82) is 0 Å². The van der Waals surface area contributed by atoms with Crippen LogP contribution in [0.15, 0.2) is 0 Å². The molecule has 0 saturated carbocycles. The molecule has 0 saturated heterocycles. The second-order valence-corrected chi connectivity index (χ2v) is 3.56. The third-order valence-electron chi connectivity index (χ3n) is 2.10. The lowest BCUT2D eigenvalue weighted by Crippen LogP contribution is -2.28. The standard InChI is InChI=1S/C11H17F3O4/c1-3-17-9(15)8(10(16)18-4-2)6-5-7-11(12,13)14/h8H,3-7H2,1-2H3. The molecule has 0 bridgehead atoms. The molecule has 0 N–H and O–H groups in total. The Labute approximate surface area is 103 Å². The van der Waals surface area contributed by atoms with Crippen molar-refractivity contribution < 1.29 is 32.2 Å². The maximum absolute atomic E-state index is 12.0. The molecular formula is C11H17F3O4. The van der Waals surface area contributed by atoms with Gasteiger partial charge in [0.2, 0.25) is 0 Å². The van der Waals surface area contributed by atoms with Crippen molar-refractivity contribution in [2.75, 3.05) is 13.2 Å². The molecule has 0 radical (unpaired) electrons. The molecule has 0 amide bonds. The summed E-state index contributed by atoms with van der Waals surface area (Å²) in [7, 11) is 0. The minimum absolute atomic E-state index is 0.0635. The van der Waals surface area contributed by atoms with E-state index in [4.69, 9.17) is 0 Å². The van der Waals surface area contributed by atoms with E-state index in [0.717, 1.165) is 0 Å². The molecule has 106 valence electrons. The first kappa shape index (κ1) is 16.7. The Kier molecular flexibility index (Phi) is 7.38. The average molecular weight is 270 g/mol. The van der Waals surface area contributed by atoms with Crippen molar-refractivity contribution in [2.45, 2.75) is 39.3 Å². The summed E-state index contributed by atoms with van der Waals surface area (Å²) in [6, 6.07) is 0. The summed E-state index contributed by atoms with van der Waals surface area (Å²) in [6.07, 6.45) is -5.88. The minimum Gasteiger partial charge on any atom is -0.465 e. The fourth-order valence-corrected chi connectivity index (χ4v) is 1.32. The van der Waals surface area contributed by atoms with Gasteiger partial charge in [-0.1, -0.05) is 0 Å². The van der Waals surface area contributed by atoms with Crippen molar-refractivity contribution >= 4 is 11.9 Å². The van der Waals surface area contributed by atoms with Crippen LogP contribution in [0.2, 0.25) is 0 Å². The molecule has 18 heavy (non-hydrogen) atoms. The van der Waals surface area contributed by atoms with E-state index < -0.39 is 30.5 Å². The number of rotatable bonds is 7. The Hall–Kier alpha value is -1.27. The zero-order valence-corrected chi connectivity index (χ0v) is 10.4. The van der Waals surface area contributed by atoms with Crippen molar-refractivity contribution in [3.8, 4) is 0 Å². The SMILES string of the molecule is CCOC(=O)C(CCCC(F)(F)F)C(=O)OCC. The van der Waals surface area contributed by atoms with Gasteiger partial charge in [-0.25, -0.2) is 0 Å². The van der Waals surface area contributed by atoms with E-state index in [2.05, 4.69) is 9.47 Å². The van der Waals surface area contributed by atoms with Crippen LogP contribution in [0.25, 0.3) is 0 Å². The number of ether oxygens (including phenoxy) is 2. The molecule has 0 atom stereocenters. The van der Waals surface area contributed by atoms with E-state index >= 15 is 0 Å². The fourth-order valence-electron chi connectivity index (χ4n) is 1.32. The van der Waals surface area contributed by atoms with Gasteiger partial charge in [-0.15, -0.1) is 0 Å². The highest BCUT2D eigenvalue weighted by molar-refractivity contribution is 5.94. The number of esters is 2. The summed E-state index contributed by atoms with van der Waals surface area (Å²) in [5, 5.41) is 0. The van der Waals surface area contributed by atoms with Crippen LogP contribution in [0.5, 0.6) is 0 Å². The van der Waals surface area contributed by atoms with Gasteiger partial charge in [0.15, 0.2) is 5.92 Å². The van der Waals surface area contributed by atoms with Crippen molar-refractivity contribution in [3.05, 3.63) is 0 Å². The van der Waals surface area contributed by atoms with Crippen molar-refractivity contribution in [2.24, 2.45) is 5.92 Å². The molecule has 0 aliphatic rings. The molecular weight excluding hydrogens is 253 g/mol. The monoisotopic (exact) mass is 270 g/mol. The second-order valence-electron chi connectivity index (χ2n) is 3.56. The first-order valence-corrected chi connectivity index (χ1v) is 5.71. The molecule has 0 aromatic carbocycles. The van der Waals surface area contributed by atoms with E-state index in [9.17, 15) is 22.8 Å². The van der Waals surface area contributed by atoms with Gasteiger partial charge < -0.3 is 9.47 Å². The maximum Gasteiger partial charge on any atom is 0.389 e. The summed E-state index contributed by atoms with van der Waals surface area (Å²) < 4.78 is 45.2. The molecule has 0 aliphatic carbocycles. The zero-order chi connectivity index (χ0) is 14.2. The Balaban J connectivity index is 4.38. The van der Waals surface area contributed by atoms with Crippen molar-refractivity contribution in [3.63, 3.8) is 0 Å². The smallest absolute Gasteiger partial charge is 0.389 e. The Morgan fingerprint density at radius 1 is 1.06 bits per heavy atom. The Morgan fingerprint density at radius 2 is 1.50 bits per heavy atom. The molecule has 0 fully saturated rings. The van der Waals surface area contributed by atoms with Gasteiger partial charge in [0.05, 0.1) is 13.2 Å². The third kappa shape index (κ3) is 7.13. The summed E-state index contributed by atoms with van der Waals surface area (Å²) in [5.41, 5.74) is 0. The molecule has 7 heteroatoms. The second kappa shape index (κ2) is 7.94. The van der Waals surface area contributed by atoms with Crippen LogP contribution in [-0.4, -0.2) is 31.3 Å². The molecule has 0 aliphatic heterocycles. The van der Waals surface area contributed by atoms with E-state index in [0.29, 0.717) is 0 Å². The molecule has 0 spiro atoms. The number of halogens is 3. The maximum atomic E-state index is 12.0. The van der Waals surface area contributed by atoms with Gasteiger partial charge in [-0.3, -0.25) is 9.59 Å². The predicted octanol–water partition coefficient (Wildman–Crippen LogP) is 2.46. The first-order valence-electron chi connectivity index (χ1n) is 5.71. The minimum atomic E-state index is -4.30. The molecule has 0 heterocycles. The van der Waals surface area contributed by atoms with E-state index in [-0.39, 0.29) is 26.1 Å². The van der Waals surface area contributed by atoms with Crippen LogP contribution in [0, 0.1) is 5.92 Å². The third-order valence-corrected chi connectivity index (χ3v) is 2.10. The highest BCUT2D eigenvalue weighted by Gasteiger charge is 2.32. The lowest BCUT2D eigenvalue weighted by molar-refractivity contribution is -0.163. The van der Waals surface area contributed by atoms with Crippen LogP contribution in [-0.2, 0) is 19.1 Å². The summed E-state index contributed by atoms with van der Waals surface area (Å²) in [5.74, 6) is -2.94. The zero-order valence-electron chi connectivity index (χ0n) is 10.4. The topological polar surface area (TPSA) is 52.6 Å². The van der Waals surface area contributed by atoms with Gasteiger partial charge in [-0.05, 0) is 26.7 Å². The van der Waals surface area contributed by atoms with E-state index in [1.807, 2.05) is 0 Å². The van der Waals surface area contributed by atoms with Crippen molar-refractivity contribution in [1.82, 2.24) is 0 Å². The highest BCUT2D eigenvalue weighted by atomic mass is 19.4. The van der Waals surface area contributed by atoms with Gasteiger partial charge in [0.25, 0.3) is 0 Å². The van der Waals surface area contributed by atoms with Crippen LogP contribution >= 0.6 is 0 Å². The lowest BCUT2D eigenvalue weighted by atomic mass is 10.0. The van der Waals surface area contributed by atoms with Gasteiger partial charge >= 0.3 is 18.1 Å². The van der Waals surface area contributed by atoms with Crippen LogP contribution in [0.4, 0.5) is 13.2 Å². The van der Waals surface area contributed by atoms with E-state index in [1.165, 1.54) is 0 Å². The molecule has 0 aromatic heterocycles. The summed E-state index contributed by atoms with van der Waals surface area (Å²) in [4.78, 5) is 22.8. The first-order chi connectivity index (χ1) is 8.31. The lowest BCUT2D eigenvalue weighted by Gasteiger charge is -2.14. The number of carbonyl (C=O) groups excluding carboxylic acids is 2. The molecule has 0 aromatic rings. The number of hydrogen-bond acceptors (Lipinski definition) is 4. The molecule has 0 unspecified atom stereocenters. The predicted molar refractivity (Wildman–Crippen MR) is 56.7 cm³/mol. The van der Waals surface area contributed by atoms with Crippen LogP contribution in [0.1, 0.15) is 33.1 Å². The molecule has 0 rings (SSSR count).